The molecule has 1 aliphatic carbocycles. The number of pyridine rings is 1. The SMILES string of the molecule is CS(=O)(=O)c1ccc(OCC[C@H]2C[C@H]2C2CCN(c3ncc(Cl)cn3)CC2)nc1. The predicted octanol–water partition coefficient (Wildman–Crippen LogP) is 3.25. The molecule has 2 fully saturated rings. The van der Waals surface area contributed by atoms with Gasteiger partial charge in [0.05, 0.1) is 28.9 Å². The van der Waals surface area contributed by atoms with Crippen LogP contribution in [0.3, 0.4) is 0 Å². The third-order valence-corrected chi connectivity index (χ3v) is 7.18. The summed E-state index contributed by atoms with van der Waals surface area (Å²) >= 11 is 5.86. The Balaban J connectivity index is 1.18. The normalized spacial score (nSPS) is 22.5. The summed E-state index contributed by atoms with van der Waals surface area (Å²) in [5.41, 5.74) is 0. The lowest BCUT2D eigenvalue weighted by Crippen LogP contribution is -2.35. The maximum atomic E-state index is 11.5. The van der Waals surface area contributed by atoms with E-state index >= 15 is 0 Å². The summed E-state index contributed by atoms with van der Waals surface area (Å²) in [6, 6.07) is 3.16. The summed E-state index contributed by atoms with van der Waals surface area (Å²) in [5, 5.41) is 0.563. The van der Waals surface area contributed by atoms with E-state index in [0.29, 0.717) is 23.4 Å². The highest BCUT2D eigenvalue weighted by Crippen LogP contribution is 2.49. The number of piperidine rings is 1. The Labute approximate surface area is 176 Å². The Morgan fingerprint density at radius 3 is 2.48 bits per heavy atom. The quantitative estimate of drug-likeness (QED) is 0.658. The summed E-state index contributed by atoms with van der Waals surface area (Å²) < 4.78 is 28.6. The van der Waals surface area contributed by atoms with E-state index in [0.717, 1.165) is 37.3 Å². The molecule has 29 heavy (non-hydrogen) atoms. The molecule has 2 aromatic heterocycles. The third kappa shape index (κ3) is 5.17. The molecule has 9 heteroatoms. The first-order valence-electron chi connectivity index (χ1n) is 9.91. The first kappa shape index (κ1) is 20.3. The van der Waals surface area contributed by atoms with Crippen molar-refractivity contribution in [2.24, 2.45) is 17.8 Å². The molecular weight excluding hydrogens is 412 g/mol. The summed E-state index contributed by atoms with van der Waals surface area (Å²) in [6.07, 6.45) is 10.4. The van der Waals surface area contributed by atoms with Gasteiger partial charge in [0.15, 0.2) is 9.84 Å². The lowest BCUT2D eigenvalue weighted by molar-refractivity contribution is 0.276. The van der Waals surface area contributed by atoms with Crippen LogP contribution in [-0.2, 0) is 9.84 Å². The second-order valence-corrected chi connectivity index (χ2v) is 10.4. The first-order chi connectivity index (χ1) is 13.9. The zero-order chi connectivity index (χ0) is 20.4. The van der Waals surface area contributed by atoms with Crippen LogP contribution in [0.2, 0.25) is 5.02 Å². The second kappa shape index (κ2) is 8.44. The zero-order valence-electron chi connectivity index (χ0n) is 16.4. The zero-order valence-corrected chi connectivity index (χ0v) is 17.9. The number of hydrogen-bond donors (Lipinski definition) is 0. The number of halogens is 1. The van der Waals surface area contributed by atoms with Crippen LogP contribution in [0.4, 0.5) is 5.95 Å². The van der Waals surface area contributed by atoms with Gasteiger partial charge in [-0.3, -0.25) is 0 Å². The summed E-state index contributed by atoms with van der Waals surface area (Å²) in [7, 11) is -3.22. The number of nitrogens with zero attached hydrogens (tertiary/aromatic N) is 4. The number of hydrogen-bond acceptors (Lipinski definition) is 7. The van der Waals surface area contributed by atoms with Crippen LogP contribution in [-0.4, -0.2) is 49.3 Å². The van der Waals surface area contributed by atoms with Gasteiger partial charge < -0.3 is 9.64 Å². The highest BCUT2D eigenvalue weighted by Gasteiger charge is 2.43. The molecule has 0 spiro atoms. The number of anilines is 1. The van der Waals surface area contributed by atoms with E-state index in [4.69, 9.17) is 16.3 Å². The van der Waals surface area contributed by atoms with Crippen LogP contribution in [0, 0.1) is 17.8 Å². The molecule has 156 valence electrons. The van der Waals surface area contributed by atoms with Crippen molar-refractivity contribution in [1.82, 2.24) is 15.0 Å². The minimum absolute atomic E-state index is 0.211. The summed E-state index contributed by atoms with van der Waals surface area (Å²) in [6.45, 7) is 2.59. The molecule has 2 aromatic rings. The largest absolute Gasteiger partial charge is 0.478 e. The third-order valence-electron chi connectivity index (χ3n) is 5.89. The molecule has 0 bridgehead atoms. The highest BCUT2D eigenvalue weighted by molar-refractivity contribution is 7.90. The molecule has 0 N–H and O–H groups in total. The van der Waals surface area contributed by atoms with Gasteiger partial charge in [-0.2, -0.15) is 0 Å². The maximum absolute atomic E-state index is 11.5. The maximum Gasteiger partial charge on any atom is 0.225 e. The fourth-order valence-corrected chi connectivity index (χ4v) is 4.82. The van der Waals surface area contributed by atoms with Crippen molar-refractivity contribution in [2.75, 3.05) is 30.9 Å². The van der Waals surface area contributed by atoms with Crippen LogP contribution in [0.1, 0.15) is 25.7 Å². The Hall–Kier alpha value is -1.93. The van der Waals surface area contributed by atoms with Gasteiger partial charge >= 0.3 is 0 Å². The van der Waals surface area contributed by atoms with E-state index in [1.165, 1.54) is 37.8 Å². The minimum Gasteiger partial charge on any atom is -0.478 e. The molecule has 7 nitrogen and oxygen atoms in total. The van der Waals surface area contributed by atoms with Crippen molar-refractivity contribution >= 4 is 27.4 Å². The Morgan fingerprint density at radius 2 is 1.86 bits per heavy atom. The molecule has 0 radical (unpaired) electrons. The molecule has 2 aliphatic rings. The van der Waals surface area contributed by atoms with Gasteiger partial charge in [-0.25, -0.2) is 23.4 Å². The lowest BCUT2D eigenvalue weighted by Gasteiger charge is -2.32. The van der Waals surface area contributed by atoms with Crippen molar-refractivity contribution in [3.8, 4) is 5.88 Å². The summed E-state index contributed by atoms with van der Waals surface area (Å²) in [5.74, 6) is 3.51. The van der Waals surface area contributed by atoms with Gasteiger partial charge in [-0.1, -0.05) is 11.6 Å². The standard InChI is InChI=1S/C20H25ClN4O3S/c1-29(26,27)17-2-3-19(22-13-17)28-9-6-15-10-18(15)14-4-7-25(8-5-14)20-23-11-16(21)12-24-20/h2-3,11-15,18H,4-10H2,1H3/t15-,18-/m0/s1. The highest BCUT2D eigenvalue weighted by atomic mass is 35.5. The van der Waals surface area contributed by atoms with Crippen molar-refractivity contribution in [3.05, 3.63) is 35.7 Å². The van der Waals surface area contributed by atoms with Crippen LogP contribution < -0.4 is 9.64 Å². The molecule has 0 amide bonds. The molecule has 4 rings (SSSR count). The van der Waals surface area contributed by atoms with E-state index in [-0.39, 0.29) is 4.90 Å². The van der Waals surface area contributed by atoms with E-state index in [2.05, 4.69) is 19.9 Å². The minimum atomic E-state index is -3.22. The average molecular weight is 437 g/mol. The van der Waals surface area contributed by atoms with E-state index in [1.807, 2.05) is 0 Å². The van der Waals surface area contributed by atoms with Gasteiger partial charge in [0.1, 0.15) is 0 Å². The molecule has 0 aromatic carbocycles. The van der Waals surface area contributed by atoms with Crippen molar-refractivity contribution < 1.29 is 13.2 Å². The Bertz CT molecular complexity index is 929. The number of aromatic nitrogens is 3. The van der Waals surface area contributed by atoms with Crippen LogP contribution in [0.5, 0.6) is 5.88 Å². The van der Waals surface area contributed by atoms with Crippen LogP contribution in [0.15, 0.2) is 35.6 Å². The van der Waals surface area contributed by atoms with Crippen molar-refractivity contribution in [3.63, 3.8) is 0 Å². The van der Waals surface area contributed by atoms with Crippen molar-refractivity contribution in [2.45, 2.75) is 30.6 Å². The fraction of sp³-hybridized carbons (Fsp3) is 0.550. The average Bonchev–Trinajstić information content (AvgIpc) is 3.48. The first-order valence-corrected chi connectivity index (χ1v) is 12.2. The van der Waals surface area contributed by atoms with E-state index in [9.17, 15) is 8.42 Å². The molecular formula is C20H25ClN4O3S. The van der Waals surface area contributed by atoms with Crippen LogP contribution >= 0.6 is 11.6 Å². The number of ether oxygens (including phenoxy) is 1. The fourth-order valence-electron chi connectivity index (χ4n) is 4.16. The lowest BCUT2D eigenvalue weighted by atomic mass is 9.90. The smallest absolute Gasteiger partial charge is 0.225 e. The molecule has 1 saturated heterocycles. The van der Waals surface area contributed by atoms with Gasteiger partial charge in [0.25, 0.3) is 0 Å². The Morgan fingerprint density at radius 1 is 1.14 bits per heavy atom. The number of sulfone groups is 1. The van der Waals surface area contributed by atoms with Crippen LogP contribution in [0.25, 0.3) is 0 Å². The molecule has 1 saturated carbocycles. The molecule has 3 heterocycles. The predicted molar refractivity (Wildman–Crippen MR) is 111 cm³/mol. The summed E-state index contributed by atoms with van der Waals surface area (Å²) in [4.78, 5) is 15.2. The Kier molecular flexibility index (Phi) is 5.92. The van der Waals surface area contributed by atoms with Gasteiger partial charge in [0, 0.05) is 31.6 Å². The van der Waals surface area contributed by atoms with Crippen molar-refractivity contribution in [1.29, 1.82) is 0 Å². The molecule has 0 unspecified atom stereocenters. The monoisotopic (exact) mass is 436 g/mol. The van der Waals surface area contributed by atoms with E-state index in [1.54, 1.807) is 18.5 Å². The van der Waals surface area contributed by atoms with Gasteiger partial charge in [-0.15, -0.1) is 0 Å². The molecule has 1 aliphatic heterocycles. The van der Waals surface area contributed by atoms with E-state index < -0.39 is 9.84 Å². The second-order valence-electron chi connectivity index (χ2n) is 7.93. The molecule has 2 atom stereocenters. The number of rotatable bonds is 7. The topological polar surface area (TPSA) is 85.3 Å². The van der Waals surface area contributed by atoms with Gasteiger partial charge in [-0.05, 0) is 49.5 Å². The van der Waals surface area contributed by atoms with Gasteiger partial charge in [0.2, 0.25) is 11.8 Å².